The van der Waals surface area contributed by atoms with Gasteiger partial charge in [0.05, 0.1) is 6.61 Å². The Morgan fingerprint density at radius 2 is 1.90 bits per heavy atom. The molecule has 0 radical (unpaired) electrons. The Morgan fingerprint density at radius 3 is 2.52 bits per heavy atom. The predicted octanol–water partition coefficient (Wildman–Crippen LogP) is 3.86. The smallest absolute Gasteiger partial charge is 0.333 e. The Hall–Kier alpha value is -1.84. The second-order valence-corrected chi connectivity index (χ2v) is 5.32. The molecule has 21 heavy (non-hydrogen) atoms. The van der Waals surface area contributed by atoms with Crippen molar-refractivity contribution in [1.82, 2.24) is 0 Å². The minimum atomic E-state index is -0.970. The van der Waals surface area contributed by atoms with Crippen molar-refractivity contribution >= 4 is 17.6 Å². The molecule has 0 saturated carbocycles. The minimum absolute atomic E-state index is 0.275. The Kier molecular flexibility index (Phi) is 5.37. The summed E-state index contributed by atoms with van der Waals surface area (Å²) >= 11 is 6.06. The molecule has 0 spiro atoms. The van der Waals surface area contributed by atoms with Gasteiger partial charge in [-0.2, -0.15) is 0 Å². The second-order valence-electron chi connectivity index (χ2n) is 4.91. The lowest BCUT2D eigenvalue weighted by atomic mass is 10.1. The standard InChI is InChI=1S/C17H17ClO3/c1-12-7-8-14(9-15(12)18)10-16(17(19)20)21-11-13-5-3-2-4-6-13/h2-9,16H,10-11H2,1H3,(H,19,20). The predicted molar refractivity (Wildman–Crippen MR) is 82.5 cm³/mol. The Balaban J connectivity index is 2.02. The lowest BCUT2D eigenvalue weighted by Crippen LogP contribution is -2.26. The molecule has 0 aliphatic rings. The van der Waals surface area contributed by atoms with Gasteiger partial charge in [0.1, 0.15) is 0 Å². The quantitative estimate of drug-likeness (QED) is 0.881. The van der Waals surface area contributed by atoms with Crippen LogP contribution in [0.25, 0.3) is 0 Å². The summed E-state index contributed by atoms with van der Waals surface area (Å²) in [4.78, 5) is 11.3. The van der Waals surface area contributed by atoms with E-state index in [0.29, 0.717) is 11.4 Å². The highest BCUT2D eigenvalue weighted by atomic mass is 35.5. The summed E-state index contributed by atoms with van der Waals surface area (Å²) in [5, 5.41) is 9.92. The number of aliphatic carboxylic acids is 1. The van der Waals surface area contributed by atoms with E-state index < -0.39 is 12.1 Å². The van der Waals surface area contributed by atoms with E-state index in [4.69, 9.17) is 16.3 Å². The van der Waals surface area contributed by atoms with Gasteiger partial charge in [-0.25, -0.2) is 4.79 Å². The van der Waals surface area contributed by atoms with Gasteiger partial charge in [-0.1, -0.05) is 54.1 Å². The van der Waals surface area contributed by atoms with Crippen LogP contribution in [-0.4, -0.2) is 17.2 Å². The molecule has 0 saturated heterocycles. The van der Waals surface area contributed by atoms with Crippen LogP contribution in [0.1, 0.15) is 16.7 Å². The van der Waals surface area contributed by atoms with Crippen molar-refractivity contribution < 1.29 is 14.6 Å². The van der Waals surface area contributed by atoms with Gasteiger partial charge in [-0.05, 0) is 29.7 Å². The molecule has 1 atom stereocenters. The first-order chi connectivity index (χ1) is 10.1. The number of halogens is 1. The maximum atomic E-state index is 11.3. The lowest BCUT2D eigenvalue weighted by Gasteiger charge is -2.14. The Labute approximate surface area is 129 Å². The van der Waals surface area contributed by atoms with Crippen LogP contribution in [0.5, 0.6) is 0 Å². The molecular weight excluding hydrogens is 288 g/mol. The van der Waals surface area contributed by atoms with Gasteiger partial charge in [-0.15, -0.1) is 0 Å². The molecule has 2 aromatic rings. The molecule has 0 heterocycles. The van der Waals surface area contributed by atoms with Crippen molar-refractivity contribution in [3.63, 3.8) is 0 Å². The van der Waals surface area contributed by atoms with Crippen LogP contribution in [0.2, 0.25) is 5.02 Å². The van der Waals surface area contributed by atoms with Gasteiger partial charge < -0.3 is 9.84 Å². The van der Waals surface area contributed by atoms with E-state index >= 15 is 0 Å². The fourth-order valence-corrected chi connectivity index (χ4v) is 2.17. The number of benzene rings is 2. The third-order valence-corrected chi connectivity index (χ3v) is 3.63. The zero-order chi connectivity index (χ0) is 15.2. The van der Waals surface area contributed by atoms with Crippen LogP contribution in [-0.2, 0) is 22.6 Å². The van der Waals surface area contributed by atoms with Gasteiger partial charge in [0.2, 0.25) is 0 Å². The van der Waals surface area contributed by atoms with E-state index in [1.807, 2.05) is 49.4 Å². The van der Waals surface area contributed by atoms with Crippen LogP contribution < -0.4 is 0 Å². The van der Waals surface area contributed by atoms with Gasteiger partial charge in [0, 0.05) is 11.4 Å². The Morgan fingerprint density at radius 1 is 1.19 bits per heavy atom. The molecule has 2 rings (SSSR count). The molecule has 4 heteroatoms. The third-order valence-electron chi connectivity index (χ3n) is 3.23. The van der Waals surface area contributed by atoms with E-state index in [1.165, 1.54) is 0 Å². The molecule has 3 nitrogen and oxygen atoms in total. The fraction of sp³-hybridized carbons (Fsp3) is 0.235. The largest absolute Gasteiger partial charge is 0.479 e. The normalized spacial score (nSPS) is 12.1. The van der Waals surface area contributed by atoms with Crippen molar-refractivity contribution in [2.45, 2.75) is 26.1 Å². The average molecular weight is 305 g/mol. The summed E-state index contributed by atoms with van der Waals surface area (Å²) in [6.45, 7) is 2.18. The van der Waals surface area contributed by atoms with Crippen LogP contribution >= 0.6 is 11.6 Å². The van der Waals surface area contributed by atoms with E-state index in [-0.39, 0.29) is 6.61 Å². The molecule has 0 fully saturated rings. The average Bonchev–Trinajstić information content (AvgIpc) is 2.48. The maximum absolute atomic E-state index is 11.3. The first kappa shape index (κ1) is 15.5. The van der Waals surface area contributed by atoms with Crippen molar-refractivity contribution in [3.05, 3.63) is 70.2 Å². The SMILES string of the molecule is Cc1ccc(CC(OCc2ccccc2)C(=O)O)cc1Cl. The highest BCUT2D eigenvalue weighted by molar-refractivity contribution is 6.31. The molecule has 1 N–H and O–H groups in total. The fourth-order valence-electron chi connectivity index (χ4n) is 1.97. The summed E-state index contributed by atoms with van der Waals surface area (Å²) in [5.74, 6) is -0.970. The van der Waals surface area contributed by atoms with Crippen LogP contribution in [0, 0.1) is 6.92 Å². The zero-order valence-electron chi connectivity index (χ0n) is 11.8. The lowest BCUT2D eigenvalue weighted by molar-refractivity contribution is -0.151. The molecule has 2 aromatic carbocycles. The van der Waals surface area contributed by atoms with Crippen LogP contribution in [0.15, 0.2) is 48.5 Å². The number of carboxylic acid groups (broad SMARTS) is 1. The number of hydrogen-bond donors (Lipinski definition) is 1. The number of rotatable bonds is 6. The summed E-state index contributed by atoms with van der Waals surface area (Å²) in [6.07, 6.45) is -0.591. The van der Waals surface area contributed by atoms with Gasteiger partial charge in [0.25, 0.3) is 0 Å². The number of carboxylic acids is 1. The monoisotopic (exact) mass is 304 g/mol. The summed E-state index contributed by atoms with van der Waals surface area (Å²) in [5.41, 5.74) is 2.77. The van der Waals surface area contributed by atoms with Crippen LogP contribution in [0.3, 0.4) is 0 Å². The van der Waals surface area contributed by atoms with E-state index in [1.54, 1.807) is 6.07 Å². The zero-order valence-corrected chi connectivity index (χ0v) is 12.5. The van der Waals surface area contributed by atoms with Crippen molar-refractivity contribution in [2.75, 3.05) is 0 Å². The van der Waals surface area contributed by atoms with Crippen molar-refractivity contribution in [1.29, 1.82) is 0 Å². The molecule has 0 amide bonds. The van der Waals surface area contributed by atoms with Gasteiger partial charge in [0.15, 0.2) is 6.10 Å². The molecule has 1 unspecified atom stereocenters. The number of hydrogen-bond acceptors (Lipinski definition) is 2. The van der Waals surface area contributed by atoms with E-state index in [2.05, 4.69) is 0 Å². The van der Waals surface area contributed by atoms with Crippen molar-refractivity contribution in [2.24, 2.45) is 0 Å². The maximum Gasteiger partial charge on any atom is 0.333 e. The van der Waals surface area contributed by atoms with Crippen molar-refractivity contribution in [3.8, 4) is 0 Å². The number of carbonyl (C=O) groups is 1. The topological polar surface area (TPSA) is 46.5 Å². The highest BCUT2D eigenvalue weighted by Crippen LogP contribution is 2.18. The molecule has 0 aliphatic heterocycles. The van der Waals surface area contributed by atoms with Gasteiger partial charge in [-0.3, -0.25) is 0 Å². The molecule has 0 aliphatic carbocycles. The second kappa shape index (κ2) is 7.25. The first-order valence-electron chi connectivity index (χ1n) is 6.69. The molecular formula is C17H17ClO3. The number of aryl methyl sites for hydroxylation is 1. The molecule has 0 bridgehead atoms. The third kappa shape index (κ3) is 4.59. The van der Waals surface area contributed by atoms with Crippen LogP contribution in [0.4, 0.5) is 0 Å². The Bertz CT molecular complexity index is 611. The van der Waals surface area contributed by atoms with Gasteiger partial charge >= 0.3 is 5.97 Å². The number of ether oxygens (including phenoxy) is 1. The summed E-state index contributed by atoms with van der Waals surface area (Å²) in [7, 11) is 0. The molecule has 0 aromatic heterocycles. The highest BCUT2D eigenvalue weighted by Gasteiger charge is 2.19. The minimum Gasteiger partial charge on any atom is -0.479 e. The summed E-state index contributed by atoms with van der Waals surface area (Å²) in [6, 6.07) is 15.1. The first-order valence-corrected chi connectivity index (χ1v) is 7.07. The van der Waals surface area contributed by atoms with E-state index in [0.717, 1.165) is 16.7 Å². The van der Waals surface area contributed by atoms with E-state index in [9.17, 15) is 9.90 Å². The summed E-state index contributed by atoms with van der Waals surface area (Å²) < 4.78 is 5.52. The molecule has 110 valence electrons.